The quantitative estimate of drug-likeness (QED) is 0.0510. The molecule has 2 atom stereocenters. The van der Waals surface area contributed by atoms with E-state index < -0.39 is 23.3 Å². The Hall–Kier alpha value is -5.03. The Morgan fingerprint density at radius 1 is 0.978 bits per heavy atom. The number of ether oxygens (including phenoxy) is 1. The number of halogens is 1. The van der Waals surface area contributed by atoms with Gasteiger partial charge in [-0.05, 0) is 67.3 Å². The molecule has 1 saturated heterocycles. The summed E-state index contributed by atoms with van der Waals surface area (Å²) in [5.41, 5.74) is 3.31. The van der Waals surface area contributed by atoms with Crippen LogP contribution in [0.25, 0.3) is 22.2 Å². The lowest BCUT2D eigenvalue weighted by molar-refractivity contribution is -0.384. The summed E-state index contributed by atoms with van der Waals surface area (Å²) in [4.78, 5) is 68.8. The molecule has 3 aromatic carbocycles. The Morgan fingerprint density at radius 2 is 1.62 bits per heavy atom. The summed E-state index contributed by atoms with van der Waals surface area (Å²) in [6, 6.07) is 17.2. The molecule has 10 nitrogen and oxygen atoms in total. The summed E-state index contributed by atoms with van der Waals surface area (Å²) < 4.78 is 6.19. The van der Waals surface area contributed by atoms with Crippen molar-refractivity contribution >= 4 is 61.8 Å². The summed E-state index contributed by atoms with van der Waals surface area (Å²) in [5, 5.41) is 11.5. The Labute approximate surface area is 266 Å². The van der Waals surface area contributed by atoms with E-state index in [0.29, 0.717) is 47.1 Å². The van der Waals surface area contributed by atoms with Crippen LogP contribution in [0.2, 0.25) is 0 Å². The smallest absolute Gasteiger partial charge is 0.339 e. The second-order valence-corrected chi connectivity index (χ2v) is 11.8. The summed E-state index contributed by atoms with van der Waals surface area (Å²) in [7, 11) is 0. The molecule has 0 spiro atoms. The van der Waals surface area contributed by atoms with Crippen molar-refractivity contribution in [2.24, 2.45) is 11.8 Å². The maximum atomic E-state index is 13.5. The van der Waals surface area contributed by atoms with E-state index in [0.717, 1.165) is 10.0 Å². The van der Waals surface area contributed by atoms with Crippen LogP contribution in [0.1, 0.15) is 46.0 Å². The second-order valence-electron chi connectivity index (χ2n) is 10.9. The van der Waals surface area contributed by atoms with Gasteiger partial charge in [0.1, 0.15) is 0 Å². The first-order valence-corrected chi connectivity index (χ1v) is 15.2. The van der Waals surface area contributed by atoms with Crippen molar-refractivity contribution in [2.45, 2.75) is 26.2 Å². The molecule has 226 valence electrons. The largest absolute Gasteiger partial charge is 0.454 e. The zero-order chi connectivity index (χ0) is 31.8. The number of hydrogen-bond acceptors (Lipinski definition) is 8. The predicted octanol–water partition coefficient (Wildman–Crippen LogP) is 6.63. The number of anilines is 1. The zero-order valence-corrected chi connectivity index (χ0v) is 25.7. The van der Waals surface area contributed by atoms with Crippen molar-refractivity contribution in [3.05, 3.63) is 110 Å². The maximum absolute atomic E-state index is 13.5. The number of pyridine rings is 1. The van der Waals surface area contributed by atoms with E-state index in [-0.39, 0.29) is 40.5 Å². The second kappa shape index (κ2) is 12.2. The van der Waals surface area contributed by atoms with Gasteiger partial charge in [-0.25, -0.2) is 9.78 Å². The number of Topliss-reactive ketones (excluding diaryl/α,β-unsaturated/α-hetero) is 1. The molecule has 1 aliphatic heterocycles. The number of fused-ring (bicyclic) bond motifs is 2. The number of esters is 1. The number of nitro benzene ring substituents is 1. The predicted molar refractivity (Wildman–Crippen MR) is 170 cm³/mol. The third-order valence-electron chi connectivity index (χ3n) is 8.22. The monoisotopic (exact) mass is 667 g/mol. The fraction of sp³-hybridized carbons (Fsp3) is 0.206. The topological polar surface area (TPSA) is 137 Å². The number of allylic oxidation sites excluding steroid dienone is 2. The standard InChI is InChI=1S/C34H26BrN3O7/c1-2-19-15-22(35)16-27-28(34(42)45-18-30(39)21-9-13-24(14-10-21)38(43)44)17-29(36-31(19)27)20-7-11-23(12-8-20)37-32(40)25-5-3-4-6-26(25)33(37)41/h3-4,7-17,25-26H,2,5-6,18H2,1H3. The van der Waals surface area contributed by atoms with Crippen LogP contribution >= 0.6 is 15.9 Å². The number of aryl methyl sites for hydroxylation is 1. The zero-order valence-electron chi connectivity index (χ0n) is 24.1. The molecular weight excluding hydrogens is 642 g/mol. The maximum Gasteiger partial charge on any atom is 0.339 e. The molecule has 1 aliphatic carbocycles. The van der Waals surface area contributed by atoms with E-state index >= 15 is 0 Å². The lowest BCUT2D eigenvalue weighted by Crippen LogP contribution is -2.30. The van der Waals surface area contributed by atoms with E-state index in [4.69, 9.17) is 9.72 Å². The Morgan fingerprint density at radius 3 is 2.22 bits per heavy atom. The molecule has 0 radical (unpaired) electrons. The molecule has 1 fully saturated rings. The number of benzene rings is 3. The highest BCUT2D eigenvalue weighted by Gasteiger charge is 2.47. The molecule has 2 heterocycles. The van der Waals surface area contributed by atoms with E-state index in [1.165, 1.54) is 29.2 Å². The van der Waals surface area contributed by atoms with Crippen LogP contribution in [-0.2, 0) is 20.7 Å². The minimum Gasteiger partial charge on any atom is -0.454 e. The number of carbonyl (C=O) groups is 4. The third kappa shape index (κ3) is 5.66. The minimum atomic E-state index is -0.736. The van der Waals surface area contributed by atoms with Gasteiger partial charge >= 0.3 is 5.97 Å². The minimum absolute atomic E-state index is 0.154. The molecule has 11 heteroatoms. The number of nitro groups is 1. The number of aromatic nitrogens is 1. The number of carbonyl (C=O) groups excluding carboxylic acids is 4. The summed E-state index contributed by atoms with van der Waals surface area (Å²) in [5.74, 6) is -2.31. The van der Waals surface area contributed by atoms with E-state index in [1.54, 1.807) is 36.4 Å². The molecular formula is C34H26BrN3O7. The fourth-order valence-corrected chi connectivity index (χ4v) is 6.35. The number of amides is 2. The molecule has 2 aliphatic rings. The highest BCUT2D eigenvalue weighted by atomic mass is 79.9. The van der Waals surface area contributed by atoms with Crippen LogP contribution < -0.4 is 4.90 Å². The van der Waals surface area contributed by atoms with Crippen molar-refractivity contribution < 1.29 is 28.8 Å². The molecule has 2 unspecified atom stereocenters. The van der Waals surface area contributed by atoms with E-state index in [1.807, 2.05) is 25.1 Å². The van der Waals surface area contributed by atoms with Crippen LogP contribution in [0.3, 0.4) is 0 Å². The van der Waals surface area contributed by atoms with Crippen molar-refractivity contribution in [2.75, 3.05) is 11.5 Å². The van der Waals surface area contributed by atoms with Crippen LogP contribution in [0.15, 0.2) is 83.4 Å². The van der Waals surface area contributed by atoms with Crippen molar-refractivity contribution in [1.82, 2.24) is 4.98 Å². The molecule has 4 aromatic rings. The number of hydrogen-bond donors (Lipinski definition) is 0. The molecule has 6 rings (SSSR count). The molecule has 0 bridgehead atoms. The fourth-order valence-electron chi connectivity index (χ4n) is 5.84. The van der Waals surface area contributed by atoms with Gasteiger partial charge in [0.15, 0.2) is 12.4 Å². The van der Waals surface area contributed by atoms with Gasteiger partial charge in [0.25, 0.3) is 5.69 Å². The van der Waals surface area contributed by atoms with Crippen molar-refractivity contribution in [3.63, 3.8) is 0 Å². The van der Waals surface area contributed by atoms with Crippen LogP contribution in [0, 0.1) is 22.0 Å². The number of rotatable bonds is 8. The van der Waals surface area contributed by atoms with Gasteiger partial charge in [0.2, 0.25) is 11.8 Å². The normalized spacial score (nSPS) is 17.4. The summed E-state index contributed by atoms with van der Waals surface area (Å²) >= 11 is 3.51. The lowest BCUT2D eigenvalue weighted by atomic mass is 9.85. The lowest BCUT2D eigenvalue weighted by Gasteiger charge is -2.16. The van der Waals surface area contributed by atoms with Gasteiger partial charge < -0.3 is 4.74 Å². The molecule has 45 heavy (non-hydrogen) atoms. The van der Waals surface area contributed by atoms with Gasteiger partial charge in [-0.3, -0.25) is 29.4 Å². The Balaban J connectivity index is 1.30. The van der Waals surface area contributed by atoms with E-state index in [9.17, 15) is 29.3 Å². The molecule has 2 amide bonds. The number of non-ortho nitro benzene ring substituents is 1. The van der Waals surface area contributed by atoms with Crippen molar-refractivity contribution in [1.29, 1.82) is 0 Å². The first-order chi connectivity index (χ1) is 21.7. The third-order valence-corrected chi connectivity index (χ3v) is 8.68. The molecule has 1 aromatic heterocycles. The Kier molecular flexibility index (Phi) is 8.11. The molecule has 0 saturated carbocycles. The van der Waals surface area contributed by atoms with Crippen LogP contribution in [0.4, 0.5) is 11.4 Å². The summed E-state index contributed by atoms with van der Waals surface area (Å²) in [6.45, 7) is 1.41. The van der Waals surface area contributed by atoms with Crippen LogP contribution in [0.5, 0.6) is 0 Å². The highest BCUT2D eigenvalue weighted by Crippen LogP contribution is 2.38. The first-order valence-electron chi connectivity index (χ1n) is 14.4. The summed E-state index contributed by atoms with van der Waals surface area (Å²) in [6.07, 6.45) is 5.64. The van der Waals surface area contributed by atoms with Gasteiger partial charge in [0, 0.05) is 33.1 Å². The van der Waals surface area contributed by atoms with Gasteiger partial charge in [-0.15, -0.1) is 0 Å². The number of nitrogens with zero attached hydrogens (tertiary/aromatic N) is 3. The van der Waals surface area contributed by atoms with Gasteiger partial charge in [-0.2, -0.15) is 0 Å². The number of ketones is 1. The number of imide groups is 1. The van der Waals surface area contributed by atoms with Gasteiger partial charge in [-0.1, -0.05) is 47.1 Å². The van der Waals surface area contributed by atoms with Crippen molar-refractivity contribution in [3.8, 4) is 11.3 Å². The average Bonchev–Trinajstić information content (AvgIpc) is 3.31. The SMILES string of the molecule is CCc1cc(Br)cc2c(C(=O)OCC(=O)c3ccc([N+](=O)[O-])cc3)cc(-c3ccc(N4C(=O)C5CC=CCC5C4=O)cc3)nc12. The average molecular weight is 669 g/mol. The van der Waals surface area contributed by atoms with E-state index in [2.05, 4.69) is 15.9 Å². The van der Waals surface area contributed by atoms with Gasteiger partial charge in [0.05, 0.1) is 39.2 Å². The first kappa shape index (κ1) is 30.0. The highest BCUT2D eigenvalue weighted by molar-refractivity contribution is 9.10. The van der Waals surface area contributed by atoms with Crippen LogP contribution in [-0.4, -0.2) is 40.1 Å². The Bertz CT molecular complexity index is 1890. The molecule has 0 N–H and O–H groups in total.